The van der Waals surface area contributed by atoms with Gasteiger partial charge >= 0.3 is 0 Å². The fraction of sp³-hybridized carbons (Fsp3) is 0.354. The Bertz CT molecular complexity index is 2410. The zero-order valence-corrected chi connectivity index (χ0v) is 37.9. The normalized spacial score (nSPS) is 18.1. The van der Waals surface area contributed by atoms with Crippen LogP contribution in [0.3, 0.4) is 0 Å². The lowest BCUT2D eigenvalue weighted by Crippen LogP contribution is -2.42. The second kappa shape index (κ2) is 21.2. The van der Waals surface area contributed by atoms with Gasteiger partial charge in [-0.25, -0.2) is 19.6 Å². The number of methoxy groups -OCH3 is 3. The van der Waals surface area contributed by atoms with Crippen molar-refractivity contribution in [2.24, 2.45) is 0 Å². The standard InChI is InChI=1S/C48H54N7O8P/c1-32(2)55(33(3)4)64(61-28-14-27-49)63-42-40(62-47(43(42)59-7)54-31-52-41-44(50-30-51-45(41)54)53-46(56)34-15-10-8-11-16-34)29-60-48(35-17-12-9-13-18-35,36-19-23-38(57-5)24-20-36)37-21-25-39(58-6)26-22-37/h8-13,15-26,30-33,40,42-43,47H,14,28-29H2,1-7H3,(H,50,51,53,56)/t40-,42-,43-,47-,64?/m1/s1. The number of anilines is 1. The molecule has 0 saturated carbocycles. The molecule has 1 fully saturated rings. The maximum absolute atomic E-state index is 13.3. The van der Waals surface area contributed by atoms with Gasteiger partial charge in [-0.05, 0) is 80.8 Å². The number of nitrogens with one attached hydrogen (secondary N) is 1. The van der Waals surface area contributed by atoms with Gasteiger partial charge in [0.15, 0.2) is 23.2 Å². The minimum atomic E-state index is -1.77. The van der Waals surface area contributed by atoms with Crippen LogP contribution in [-0.2, 0) is 28.9 Å². The Kier molecular flexibility index (Phi) is 15.3. The first-order chi connectivity index (χ1) is 31.1. The first kappa shape index (κ1) is 46.2. The Balaban J connectivity index is 1.33. The first-order valence-electron chi connectivity index (χ1n) is 21.1. The summed E-state index contributed by atoms with van der Waals surface area (Å²) in [6, 6.07) is 36.7. The van der Waals surface area contributed by atoms with Crippen LogP contribution in [0.15, 0.2) is 122 Å². The Morgan fingerprint density at radius 3 is 1.98 bits per heavy atom. The summed E-state index contributed by atoms with van der Waals surface area (Å²) in [5, 5.41) is 12.4. The quantitative estimate of drug-likeness (QED) is 0.0440. The largest absolute Gasteiger partial charge is 0.497 e. The van der Waals surface area contributed by atoms with E-state index in [1.165, 1.54) is 6.33 Å². The number of nitrogens with zero attached hydrogens (tertiary/aromatic N) is 6. The van der Waals surface area contributed by atoms with Crippen LogP contribution in [0.5, 0.6) is 11.5 Å². The fourth-order valence-corrected chi connectivity index (χ4v) is 9.79. The summed E-state index contributed by atoms with van der Waals surface area (Å²) in [6.07, 6.45) is -0.0342. The third-order valence-corrected chi connectivity index (χ3v) is 13.1. The Morgan fingerprint density at radius 2 is 1.42 bits per heavy atom. The third kappa shape index (κ3) is 9.79. The Morgan fingerprint density at radius 1 is 0.828 bits per heavy atom. The molecule has 1 aliphatic rings. The summed E-state index contributed by atoms with van der Waals surface area (Å²) in [5.74, 6) is 1.29. The molecule has 0 radical (unpaired) electrons. The van der Waals surface area contributed by atoms with Gasteiger partial charge in [0.25, 0.3) is 14.4 Å². The van der Waals surface area contributed by atoms with Crippen LogP contribution < -0.4 is 14.8 Å². The predicted octanol–water partition coefficient (Wildman–Crippen LogP) is 8.68. The Hall–Kier alpha value is -5.82. The summed E-state index contributed by atoms with van der Waals surface area (Å²) in [7, 11) is 3.10. The van der Waals surface area contributed by atoms with Crippen molar-refractivity contribution in [2.75, 3.05) is 39.9 Å². The van der Waals surface area contributed by atoms with Crippen molar-refractivity contribution in [1.82, 2.24) is 24.2 Å². The zero-order valence-electron chi connectivity index (χ0n) is 37.0. The molecule has 6 aromatic rings. The lowest BCUT2D eigenvalue weighted by molar-refractivity contribution is -0.0938. The number of aromatic nitrogens is 4. The van der Waals surface area contributed by atoms with Crippen molar-refractivity contribution in [2.45, 2.75) is 76.3 Å². The number of hydrogen-bond acceptors (Lipinski definition) is 13. The number of benzene rings is 4. The van der Waals surface area contributed by atoms with E-state index in [9.17, 15) is 10.1 Å². The number of nitriles is 1. The average Bonchev–Trinajstić information content (AvgIpc) is 3.91. The van der Waals surface area contributed by atoms with E-state index >= 15 is 0 Å². The van der Waals surface area contributed by atoms with E-state index in [1.54, 1.807) is 56.5 Å². The highest BCUT2D eigenvalue weighted by molar-refractivity contribution is 7.44. The fourth-order valence-electron chi connectivity index (χ4n) is 8.02. The second-order valence-corrected chi connectivity index (χ2v) is 17.0. The van der Waals surface area contributed by atoms with Gasteiger partial charge in [-0.3, -0.25) is 9.36 Å². The van der Waals surface area contributed by atoms with Gasteiger partial charge in [0, 0.05) is 24.8 Å². The maximum Gasteiger partial charge on any atom is 0.259 e. The molecule has 16 heteroatoms. The van der Waals surface area contributed by atoms with E-state index in [-0.39, 0.29) is 43.4 Å². The molecular formula is C48H54N7O8P. The number of ether oxygens (including phenoxy) is 5. The molecule has 7 rings (SSSR count). The van der Waals surface area contributed by atoms with Crippen LogP contribution >= 0.6 is 8.53 Å². The van der Waals surface area contributed by atoms with Gasteiger partial charge in [0.2, 0.25) is 0 Å². The van der Waals surface area contributed by atoms with Crippen LogP contribution in [0.1, 0.15) is 67.4 Å². The number of carbonyl (C=O) groups excluding carboxylic acids is 1. The summed E-state index contributed by atoms with van der Waals surface area (Å²) in [5.41, 5.74) is 2.61. The Labute approximate surface area is 375 Å². The molecule has 3 heterocycles. The molecule has 0 spiro atoms. The van der Waals surface area contributed by atoms with E-state index in [1.807, 2.05) is 84.9 Å². The predicted molar refractivity (Wildman–Crippen MR) is 243 cm³/mol. The van der Waals surface area contributed by atoms with Crippen molar-refractivity contribution in [1.29, 1.82) is 5.26 Å². The SMILES string of the molecule is COc1ccc(C(OC[C@H]2O[C@@H](n3cnc4c(NC(=O)c5ccccc5)ncnc43)[C@H](OC)[C@@H]2OP(OCCC#N)N(C(C)C)C(C)C)(c2ccccc2)c2ccc(OC)cc2)cc1. The minimum Gasteiger partial charge on any atom is -0.497 e. The smallest absolute Gasteiger partial charge is 0.259 e. The highest BCUT2D eigenvalue weighted by Crippen LogP contribution is 2.51. The molecule has 1 N–H and O–H groups in total. The van der Waals surface area contributed by atoms with Gasteiger partial charge in [-0.1, -0.05) is 72.8 Å². The van der Waals surface area contributed by atoms with Gasteiger partial charge in [0.1, 0.15) is 41.7 Å². The number of hydrogen-bond donors (Lipinski definition) is 1. The van der Waals surface area contributed by atoms with E-state index in [0.29, 0.717) is 28.2 Å². The van der Waals surface area contributed by atoms with Crippen molar-refractivity contribution in [3.63, 3.8) is 0 Å². The molecule has 4 aromatic carbocycles. The molecule has 334 valence electrons. The third-order valence-electron chi connectivity index (χ3n) is 11.0. The van der Waals surface area contributed by atoms with Gasteiger partial charge in [0.05, 0.1) is 46.3 Å². The van der Waals surface area contributed by atoms with E-state index in [0.717, 1.165) is 16.7 Å². The average molecular weight is 888 g/mol. The van der Waals surface area contributed by atoms with Gasteiger partial charge < -0.3 is 38.0 Å². The molecule has 1 aliphatic heterocycles. The van der Waals surface area contributed by atoms with E-state index in [4.69, 9.17) is 32.7 Å². The highest BCUT2D eigenvalue weighted by atomic mass is 31.2. The zero-order chi connectivity index (χ0) is 45.2. The number of carbonyl (C=O) groups is 1. The lowest BCUT2D eigenvalue weighted by atomic mass is 9.80. The van der Waals surface area contributed by atoms with Crippen LogP contribution in [0.4, 0.5) is 5.82 Å². The van der Waals surface area contributed by atoms with Crippen LogP contribution in [0.2, 0.25) is 0 Å². The van der Waals surface area contributed by atoms with Gasteiger partial charge in [-0.15, -0.1) is 0 Å². The summed E-state index contributed by atoms with van der Waals surface area (Å²) < 4.78 is 49.5. The molecule has 1 unspecified atom stereocenters. The molecule has 1 amide bonds. The monoisotopic (exact) mass is 887 g/mol. The number of amides is 1. The first-order valence-corrected chi connectivity index (χ1v) is 22.2. The molecule has 0 bridgehead atoms. The topological polar surface area (TPSA) is 164 Å². The maximum atomic E-state index is 13.3. The number of fused-ring (bicyclic) bond motifs is 1. The number of rotatable bonds is 20. The van der Waals surface area contributed by atoms with Gasteiger partial charge in [-0.2, -0.15) is 5.26 Å². The van der Waals surface area contributed by atoms with Crippen molar-refractivity contribution in [3.8, 4) is 17.6 Å². The molecule has 64 heavy (non-hydrogen) atoms. The molecule has 0 aliphatic carbocycles. The summed E-state index contributed by atoms with van der Waals surface area (Å²) in [6.45, 7) is 8.49. The van der Waals surface area contributed by atoms with Crippen molar-refractivity contribution >= 4 is 31.4 Å². The molecule has 15 nitrogen and oxygen atoms in total. The molecule has 5 atom stereocenters. The molecular weight excluding hydrogens is 834 g/mol. The second-order valence-electron chi connectivity index (χ2n) is 15.6. The van der Waals surface area contributed by atoms with Crippen LogP contribution in [0, 0.1) is 11.3 Å². The van der Waals surface area contributed by atoms with Crippen molar-refractivity contribution in [3.05, 3.63) is 144 Å². The van der Waals surface area contributed by atoms with Crippen molar-refractivity contribution < 1.29 is 37.5 Å². The molecule has 1 saturated heterocycles. The minimum absolute atomic E-state index is 0.00129. The van der Waals surface area contributed by atoms with Crippen LogP contribution in [-0.4, -0.2) is 95.0 Å². The number of imidazole rings is 1. The highest BCUT2D eigenvalue weighted by Gasteiger charge is 2.51. The van der Waals surface area contributed by atoms with E-state index < -0.39 is 38.7 Å². The van der Waals surface area contributed by atoms with E-state index in [2.05, 4.69) is 58.7 Å². The molecule has 2 aromatic heterocycles. The summed E-state index contributed by atoms with van der Waals surface area (Å²) in [4.78, 5) is 26.9. The van der Waals surface area contributed by atoms with Crippen LogP contribution in [0.25, 0.3) is 11.2 Å². The summed E-state index contributed by atoms with van der Waals surface area (Å²) >= 11 is 0. The lowest BCUT2D eigenvalue weighted by Gasteiger charge is -2.39.